The van der Waals surface area contributed by atoms with Crippen LogP contribution in [0.1, 0.15) is 26.2 Å². The molecule has 1 unspecified atom stereocenters. The Balaban J connectivity index is 2.27. The van der Waals surface area contributed by atoms with E-state index in [0.717, 1.165) is 32.4 Å². The normalized spacial score (nSPS) is 19.8. The van der Waals surface area contributed by atoms with Crippen molar-refractivity contribution in [1.82, 2.24) is 9.62 Å². The molecule has 122 valence electrons. The van der Waals surface area contributed by atoms with Crippen LogP contribution in [0.15, 0.2) is 29.2 Å². The summed E-state index contributed by atoms with van der Waals surface area (Å²) in [5.41, 5.74) is -0.110. The predicted molar refractivity (Wildman–Crippen MR) is 83.2 cm³/mol. The number of nitrogens with one attached hydrogen (secondary N) is 1. The summed E-state index contributed by atoms with van der Waals surface area (Å²) in [4.78, 5) is 10.2. The van der Waals surface area contributed by atoms with Crippen molar-refractivity contribution >= 4 is 15.7 Å². The lowest BCUT2D eigenvalue weighted by molar-refractivity contribution is -0.384. The van der Waals surface area contributed by atoms with Crippen LogP contribution in [0.3, 0.4) is 0 Å². The Hall–Kier alpha value is -1.51. The second kappa shape index (κ2) is 7.17. The van der Waals surface area contributed by atoms with E-state index in [1.807, 2.05) is 6.92 Å². The summed E-state index contributed by atoms with van der Waals surface area (Å²) in [6.45, 7) is 3.92. The zero-order valence-corrected chi connectivity index (χ0v) is 13.4. The standard InChI is InChI=1S/C14H21N3O4S/c1-2-16(12-4-3-10-15-11-9-12)22(20,21)14-7-5-13(6-8-14)17(18)19/h5-8,12,15H,2-4,9-11H2,1H3. The fourth-order valence-electron chi connectivity index (χ4n) is 2.79. The molecule has 22 heavy (non-hydrogen) atoms. The van der Waals surface area contributed by atoms with E-state index in [2.05, 4.69) is 5.32 Å². The van der Waals surface area contributed by atoms with E-state index in [1.54, 1.807) is 0 Å². The number of non-ortho nitro benzene ring substituents is 1. The highest BCUT2D eigenvalue weighted by molar-refractivity contribution is 7.89. The summed E-state index contributed by atoms with van der Waals surface area (Å²) < 4.78 is 27.1. The van der Waals surface area contributed by atoms with E-state index >= 15 is 0 Å². The molecular weight excluding hydrogens is 306 g/mol. The number of benzene rings is 1. The van der Waals surface area contributed by atoms with E-state index in [9.17, 15) is 18.5 Å². The van der Waals surface area contributed by atoms with Gasteiger partial charge in [-0.1, -0.05) is 6.92 Å². The fourth-order valence-corrected chi connectivity index (χ4v) is 4.48. The fraction of sp³-hybridized carbons (Fsp3) is 0.571. The van der Waals surface area contributed by atoms with Crippen LogP contribution >= 0.6 is 0 Å². The molecule has 1 aromatic rings. The molecule has 1 aliphatic rings. The molecule has 1 saturated heterocycles. The Kier molecular flexibility index (Phi) is 5.49. The smallest absolute Gasteiger partial charge is 0.269 e. The quantitative estimate of drug-likeness (QED) is 0.657. The molecule has 1 aromatic carbocycles. The molecule has 1 fully saturated rings. The molecule has 2 rings (SSSR count). The second-order valence-electron chi connectivity index (χ2n) is 5.29. The average Bonchev–Trinajstić information content (AvgIpc) is 2.77. The van der Waals surface area contributed by atoms with Gasteiger partial charge < -0.3 is 5.32 Å². The van der Waals surface area contributed by atoms with Gasteiger partial charge in [-0.05, 0) is 44.5 Å². The van der Waals surface area contributed by atoms with Gasteiger partial charge in [-0.15, -0.1) is 0 Å². The number of hydrogen-bond donors (Lipinski definition) is 1. The Morgan fingerprint density at radius 2 is 1.95 bits per heavy atom. The van der Waals surface area contributed by atoms with E-state index in [-0.39, 0.29) is 16.6 Å². The molecule has 1 atom stereocenters. The largest absolute Gasteiger partial charge is 0.317 e. The van der Waals surface area contributed by atoms with Crippen molar-refractivity contribution < 1.29 is 13.3 Å². The molecule has 0 spiro atoms. The Bertz CT molecular complexity index is 607. The molecular formula is C14H21N3O4S. The van der Waals surface area contributed by atoms with Crippen LogP contribution < -0.4 is 5.32 Å². The van der Waals surface area contributed by atoms with Gasteiger partial charge >= 0.3 is 0 Å². The molecule has 1 aliphatic heterocycles. The van der Waals surface area contributed by atoms with Gasteiger partial charge in [0.2, 0.25) is 10.0 Å². The van der Waals surface area contributed by atoms with Gasteiger partial charge in [0.25, 0.3) is 5.69 Å². The number of nitro groups is 1. The molecule has 7 nitrogen and oxygen atoms in total. The van der Waals surface area contributed by atoms with E-state index in [0.29, 0.717) is 6.54 Å². The minimum Gasteiger partial charge on any atom is -0.317 e. The van der Waals surface area contributed by atoms with Gasteiger partial charge in [0.15, 0.2) is 0 Å². The van der Waals surface area contributed by atoms with Crippen molar-refractivity contribution in [3.05, 3.63) is 34.4 Å². The first kappa shape index (κ1) is 16.9. The van der Waals surface area contributed by atoms with Gasteiger partial charge in [0, 0.05) is 24.7 Å². The number of sulfonamides is 1. The topological polar surface area (TPSA) is 92.6 Å². The van der Waals surface area contributed by atoms with E-state index < -0.39 is 14.9 Å². The lowest BCUT2D eigenvalue weighted by atomic mass is 10.1. The van der Waals surface area contributed by atoms with Crippen molar-refractivity contribution in [3.8, 4) is 0 Å². The Morgan fingerprint density at radius 3 is 2.55 bits per heavy atom. The predicted octanol–water partition coefficient (Wildman–Crippen LogP) is 1.75. The van der Waals surface area contributed by atoms with Gasteiger partial charge in [-0.3, -0.25) is 10.1 Å². The summed E-state index contributed by atoms with van der Waals surface area (Å²) >= 11 is 0. The molecule has 0 radical (unpaired) electrons. The zero-order valence-electron chi connectivity index (χ0n) is 12.6. The summed E-state index contributed by atoms with van der Waals surface area (Å²) in [5.74, 6) is 0. The first-order chi connectivity index (χ1) is 10.5. The van der Waals surface area contributed by atoms with Crippen molar-refractivity contribution in [2.45, 2.75) is 37.1 Å². The van der Waals surface area contributed by atoms with Crippen molar-refractivity contribution in [3.63, 3.8) is 0 Å². The summed E-state index contributed by atoms with van der Waals surface area (Å²) in [7, 11) is -3.63. The van der Waals surface area contributed by atoms with E-state index in [4.69, 9.17) is 0 Å². The maximum Gasteiger partial charge on any atom is 0.269 e. The maximum absolute atomic E-state index is 12.8. The third kappa shape index (κ3) is 3.63. The van der Waals surface area contributed by atoms with Crippen molar-refractivity contribution in [1.29, 1.82) is 0 Å². The van der Waals surface area contributed by atoms with Crippen LogP contribution in [0, 0.1) is 10.1 Å². The van der Waals surface area contributed by atoms with Crippen LogP contribution in [0.25, 0.3) is 0 Å². The van der Waals surface area contributed by atoms with Crippen LogP contribution in [-0.4, -0.2) is 43.3 Å². The van der Waals surface area contributed by atoms with Gasteiger partial charge in [-0.25, -0.2) is 8.42 Å². The van der Waals surface area contributed by atoms with Gasteiger partial charge in [0.05, 0.1) is 9.82 Å². The highest BCUT2D eigenvalue weighted by Crippen LogP contribution is 2.24. The summed E-state index contributed by atoms with van der Waals surface area (Å²) in [6.07, 6.45) is 2.55. The maximum atomic E-state index is 12.8. The van der Waals surface area contributed by atoms with E-state index in [1.165, 1.54) is 28.6 Å². The summed E-state index contributed by atoms with van der Waals surface area (Å²) in [6, 6.07) is 5.06. The molecule has 1 N–H and O–H groups in total. The zero-order chi connectivity index (χ0) is 16.2. The number of nitro benzene ring substituents is 1. The highest BCUT2D eigenvalue weighted by Gasteiger charge is 2.30. The van der Waals surface area contributed by atoms with Gasteiger partial charge in [-0.2, -0.15) is 4.31 Å². The molecule has 0 aliphatic carbocycles. The second-order valence-corrected chi connectivity index (χ2v) is 7.18. The van der Waals surface area contributed by atoms with Crippen LogP contribution in [-0.2, 0) is 10.0 Å². The molecule has 0 amide bonds. The average molecular weight is 327 g/mol. The lowest BCUT2D eigenvalue weighted by Crippen LogP contribution is -2.40. The third-order valence-electron chi connectivity index (χ3n) is 3.92. The van der Waals surface area contributed by atoms with Gasteiger partial charge in [0.1, 0.15) is 0 Å². The Morgan fingerprint density at radius 1 is 1.27 bits per heavy atom. The number of rotatable bonds is 5. The Labute approximate surface area is 130 Å². The molecule has 8 heteroatoms. The first-order valence-electron chi connectivity index (χ1n) is 7.44. The van der Waals surface area contributed by atoms with Crippen LogP contribution in [0.5, 0.6) is 0 Å². The molecule has 0 bridgehead atoms. The van der Waals surface area contributed by atoms with Crippen molar-refractivity contribution in [2.75, 3.05) is 19.6 Å². The number of nitrogens with zero attached hydrogens (tertiary/aromatic N) is 2. The minimum absolute atomic E-state index is 0.0276. The van der Waals surface area contributed by atoms with Crippen molar-refractivity contribution in [2.24, 2.45) is 0 Å². The molecule has 0 aromatic heterocycles. The third-order valence-corrected chi connectivity index (χ3v) is 5.96. The monoisotopic (exact) mass is 327 g/mol. The SMILES string of the molecule is CCN(C1CCCNCC1)S(=O)(=O)c1ccc([N+](=O)[O-])cc1. The lowest BCUT2D eigenvalue weighted by Gasteiger charge is -2.29. The highest BCUT2D eigenvalue weighted by atomic mass is 32.2. The molecule has 0 saturated carbocycles. The first-order valence-corrected chi connectivity index (χ1v) is 8.88. The van der Waals surface area contributed by atoms with Crippen LogP contribution in [0.2, 0.25) is 0 Å². The minimum atomic E-state index is -3.63. The summed E-state index contributed by atoms with van der Waals surface area (Å²) in [5, 5.41) is 13.9. The molecule has 1 heterocycles. The number of hydrogen-bond acceptors (Lipinski definition) is 5. The van der Waals surface area contributed by atoms with Crippen LogP contribution in [0.4, 0.5) is 5.69 Å².